The molecule has 4 rings (SSSR count). The maximum Gasteiger partial charge on any atom is 0.165 e. The lowest BCUT2D eigenvalue weighted by Gasteiger charge is -2.48. The maximum atomic E-state index is 15.1. The van der Waals surface area contributed by atoms with Gasteiger partial charge in [-0.05, 0) is 47.4 Å². The van der Waals surface area contributed by atoms with E-state index in [-0.39, 0.29) is 13.0 Å². The van der Waals surface area contributed by atoms with E-state index in [1.54, 1.807) is 0 Å². The van der Waals surface area contributed by atoms with Crippen LogP contribution in [-0.2, 0) is 11.2 Å². The second-order valence-corrected chi connectivity index (χ2v) is 7.05. The number of hydrogen-bond donors (Lipinski definition) is 1. The van der Waals surface area contributed by atoms with Crippen molar-refractivity contribution >= 4 is 11.4 Å². The first-order valence-electron chi connectivity index (χ1n) is 8.60. The molecule has 2 atom stereocenters. The number of anilines is 2. The minimum atomic E-state index is -1.89. The molecule has 0 amide bonds. The van der Waals surface area contributed by atoms with Gasteiger partial charge < -0.3 is 15.4 Å². The summed E-state index contributed by atoms with van der Waals surface area (Å²) in [7, 11) is 0. The molecule has 0 bridgehead atoms. The first-order valence-corrected chi connectivity index (χ1v) is 8.60. The average molecular weight is 344 g/mol. The van der Waals surface area contributed by atoms with Crippen molar-refractivity contribution in [1.82, 2.24) is 0 Å². The van der Waals surface area contributed by atoms with Gasteiger partial charge in [0.25, 0.3) is 0 Å². The lowest BCUT2D eigenvalue weighted by Crippen LogP contribution is -2.61. The highest BCUT2D eigenvalue weighted by Gasteiger charge is 2.48. The Hall–Kier alpha value is -2.14. The highest BCUT2D eigenvalue weighted by Crippen LogP contribution is 2.42. The van der Waals surface area contributed by atoms with E-state index in [0.29, 0.717) is 18.8 Å². The number of ether oxygens (including phenoxy) is 1. The molecule has 2 aliphatic heterocycles. The van der Waals surface area contributed by atoms with E-state index >= 15 is 4.39 Å². The largest absolute Gasteiger partial charge is 0.399 e. The van der Waals surface area contributed by atoms with Crippen LogP contribution in [0, 0.1) is 6.92 Å². The van der Waals surface area contributed by atoms with E-state index < -0.39 is 18.4 Å². The van der Waals surface area contributed by atoms with E-state index in [2.05, 4.69) is 6.07 Å². The second-order valence-electron chi connectivity index (χ2n) is 7.05. The van der Waals surface area contributed by atoms with E-state index in [4.69, 9.17) is 10.5 Å². The molecule has 3 nitrogen and oxygen atoms in total. The summed E-state index contributed by atoms with van der Waals surface area (Å²) in [5.74, 6) is 0. The molecule has 0 saturated carbocycles. The molecule has 1 fully saturated rings. The van der Waals surface area contributed by atoms with Crippen LogP contribution in [0.2, 0.25) is 0 Å². The number of hydrogen-bond acceptors (Lipinski definition) is 3. The van der Waals surface area contributed by atoms with Crippen LogP contribution >= 0.6 is 0 Å². The third-order valence-corrected chi connectivity index (χ3v) is 5.40. The molecule has 0 spiro atoms. The molecular weight excluding hydrogens is 322 g/mol. The van der Waals surface area contributed by atoms with E-state index in [1.165, 1.54) is 0 Å². The van der Waals surface area contributed by atoms with Crippen molar-refractivity contribution in [2.75, 3.05) is 37.1 Å². The molecule has 1 saturated heterocycles. The predicted octanol–water partition coefficient (Wildman–Crippen LogP) is 3.68. The number of nitrogens with two attached hydrogens (primary N) is 1. The fourth-order valence-corrected chi connectivity index (χ4v) is 3.99. The number of alkyl halides is 2. The van der Waals surface area contributed by atoms with Crippen molar-refractivity contribution in [2.45, 2.75) is 25.1 Å². The lowest BCUT2D eigenvalue weighted by atomic mass is 9.82. The highest BCUT2D eigenvalue weighted by atomic mass is 19.2. The fraction of sp³-hybridized carbons (Fsp3) is 0.400. The third kappa shape index (κ3) is 2.67. The van der Waals surface area contributed by atoms with Crippen molar-refractivity contribution in [3.05, 3.63) is 47.5 Å². The van der Waals surface area contributed by atoms with Crippen LogP contribution in [-0.4, -0.2) is 38.1 Å². The quantitative estimate of drug-likeness (QED) is 0.845. The van der Waals surface area contributed by atoms with Crippen molar-refractivity contribution in [2.24, 2.45) is 0 Å². The molecule has 2 aliphatic rings. The first kappa shape index (κ1) is 16.3. The van der Waals surface area contributed by atoms with Gasteiger partial charge in [0.1, 0.15) is 6.67 Å². The number of halogens is 2. The third-order valence-electron chi connectivity index (χ3n) is 5.40. The van der Waals surface area contributed by atoms with Crippen LogP contribution in [0.4, 0.5) is 20.2 Å². The Kier molecular flexibility index (Phi) is 3.91. The van der Waals surface area contributed by atoms with Crippen LogP contribution in [0.5, 0.6) is 0 Å². The number of rotatable bonds is 2. The standard InChI is InChI=1S/C20H22F2N2O/c1-13-2-5-16(23)9-17(13)14-3-4-15-10-20(22,12-21)19-11-25-7-6-24(19)18(15)8-14/h2-5,8-9,19H,6-7,10-12,23H2,1H3/t19-,20?/m1/s1. The SMILES string of the molecule is Cc1ccc(N)cc1-c1ccc2c(c1)N1CCOC[C@@H]1C(F)(CF)C2. The number of nitrogen functional groups attached to an aromatic ring is 1. The normalized spacial score (nSPS) is 25.4. The summed E-state index contributed by atoms with van der Waals surface area (Å²) in [6.07, 6.45) is 0.0829. The van der Waals surface area contributed by atoms with E-state index in [1.807, 2.05) is 42.2 Å². The molecule has 0 aliphatic carbocycles. The Balaban J connectivity index is 1.81. The summed E-state index contributed by atoms with van der Waals surface area (Å²) in [4.78, 5) is 1.98. The predicted molar refractivity (Wildman–Crippen MR) is 96.5 cm³/mol. The van der Waals surface area contributed by atoms with Crippen molar-refractivity contribution in [3.8, 4) is 11.1 Å². The molecule has 0 aromatic heterocycles. The fourth-order valence-electron chi connectivity index (χ4n) is 3.99. The van der Waals surface area contributed by atoms with Crippen LogP contribution in [0.25, 0.3) is 11.1 Å². The van der Waals surface area contributed by atoms with Crippen molar-refractivity contribution < 1.29 is 13.5 Å². The van der Waals surface area contributed by atoms with Gasteiger partial charge in [0, 0.05) is 24.3 Å². The van der Waals surface area contributed by atoms with Gasteiger partial charge in [-0.25, -0.2) is 8.78 Å². The number of benzene rings is 2. The Morgan fingerprint density at radius 3 is 2.92 bits per heavy atom. The van der Waals surface area contributed by atoms with Gasteiger partial charge in [0.15, 0.2) is 5.67 Å². The molecular formula is C20H22F2N2O. The Morgan fingerprint density at radius 2 is 2.12 bits per heavy atom. The topological polar surface area (TPSA) is 38.5 Å². The summed E-state index contributed by atoms with van der Waals surface area (Å²) < 4.78 is 34.1. The molecule has 0 radical (unpaired) electrons. The molecule has 132 valence electrons. The minimum Gasteiger partial charge on any atom is -0.399 e. The molecule has 2 N–H and O–H groups in total. The van der Waals surface area contributed by atoms with Gasteiger partial charge in [-0.2, -0.15) is 0 Å². The number of fused-ring (bicyclic) bond motifs is 3. The summed E-state index contributed by atoms with van der Waals surface area (Å²) in [5.41, 5.74) is 9.84. The summed E-state index contributed by atoms with van der Waals surface area (Å²) in [5, 5.41) is 0. The number of morpholine rings is 1. The smallest absolute Gasteiger partial charge is 0.165 e. The van der Waals surface area contributed by atoms with E-state index in [9.17, 15) is 4.39 Å². The van der Waals surface area contributed by atoms with Gasteiger partial charge in [-0.3, -0.25) is 0 Å². The molecule has 2 aromatic rings. The Labute approximate surface area is 146 Å². The summed E-state index contributed by atoms with van der Waals surface area (Å²) in [6, 6.07) is 11.2. The molecule has 25 heavy (non-hydrogen) atoms. The highest BCUT2D eigenvalue weighted by molar-refractivity contribution is 5.76. The van der Waals surface area contributed by atoms with Crippen molar-refractivity contribution in [3.63, 3.8) is 0 Å². The van der Waals surface area contributed by atoms with Gasteiger partial charge >= 0.3 is 0 Å². The second kappa shape index (κ2) is 5.99. The molecule has 2 aromatic carbocycles. The van der Waals surface area contributed by atoms with Crippen LogP contribution < -0.4 is 10.6 Å². The van der Waals surface area contributed by atoms with Gasteiger partial charge in [-0.1, -0.05) is 18.2 Å². The van der Waals surface area contributed by atoms with Crippen LogP contribution in [0.3, 0.4) is 0 Å². The zero-order chi connectivity index (χ0) is 17.6. The van der Waals surface area contributed by atoms with Crippen LogP contribution in [0.1, 0.15) is 11.1 Å². The Bertz CT molecular complexity index is 810. The average Bonchev–Trinajstić information content (AvgIpc) is 2.64. The summed E-state index contributed by atoms with van der Waals surface area (Å²) >= 11 is 0. The van der Waals surface area contributed by atoms with Crippen molar-refractivity contribution in [1.29, 1.82) is 0 Å². The van der Waals surface area contributed by atoms with Gasteiger partial charge in [0.2, 0.25) is 0 Å². The molecule has 5 heteroatoms. The summed E-state index contributed by atoms with van der Waals surface area (Å²) in [6.45, 7) is 2.37. The van der Waals surface area contributed by atoms with Gasteiger partial charge in [-0.15, -0.1) is 0 Å². The lowest BCUT2D eigenvalue weighted by molar-refractivity contribution is 0.000809. The number of aryl methyl sites for hydroxylation is 1. The maximum absolute atomic E-state index is 15.1. The number of nitrogens with zero attached hydrogens (tertiary/aromatic N) is 1. The monoisotopic (exact) mass is 344 g/mol. The van der Waals surface area contributed by atoms with Gasteiger partial charge in [0.05, 0.1) is 19.3 Å². The van der Waals surface area contributed by atoms with Crippen LogP contribution in [0.15, 0.2) is 36.4 Å². The van der Waals surface area contributed by atoms with E-state index in [0.717, 1.165) is 27.9 Å². The Morgan fingerprint density at radius 1 is 1.28 bits per heavy atom. The molecule has 1 unspecified atom stereocenters. The first-order chi connectivity index (χ1) is 12.0. The molecule has 2 heterocycles. The zero-order valence-corrected chi connectivity index (χ0v) is 14.3. The zero-order valence-electron chi connectivity index (χ0n) is 14.3. The minimum absolute atomic E-state index is 0.0829.